The van der Waals surface area contributed by atoms with E-state index in [-0.39, 0.29) is 11.4 Å². The summed E-state index contributed by atoms with van der Waals surface area (Å²) in [6.45, 7) is 16.5. The molecule has 0 saturated carbocycles. The van der Waals surface area contributed by atoms with E-state index >= 15 is 0 Å². The number of allylic oxidation sites excluding steroid dienone is 2. The first-order chi connectivity index (χ1) is 9.55. The van der Waals surface area contributed by atoms with Gasteiger partial charge in [0.25, 0.3) is 0 Å². The average Bonchev–Trinajstić information content (AvgIpc) is 2.34. The Kier molecular flexibility index (Phi) is 5.34. The highest BCUT2D eigenvalue weighted by Crippen LogP contribution is 2.34. The van der Waals surface area contributed by atoms with Gasteiger partial charge in [-0.15, -0.1) is 0 Å². The molecule has 1 aromatic rings. The quantitative estimate of drug-likeness (QED) is 0.361. The molecule has 0 aliphatic heterocycles. The van der Waals surface area contributed by atoms with E-state index < -0.39 is 8.07 Å². The molecular weight excluding hydrogens is 276 g/mol. The second-order valence-corrected chi connectivity index (χ2v) is 11.2. The Labute approximate surface area is 129 Å². The van der Waals surface area contributed by atoms with Gasteiger partial charge in [0.1, 0.15) is 13.8 Å². The zero-order chi connectivity index (χ0) is 16.3. The Bertz CT molecular complexity index is 548. The van der Waals surface area contributed by atoms with Crippen LogP contribution in [0.1, 0.15) is 27.7 Å². The fourth-order valence-corrected chi connectivity index (χ4v) is 6.45. The van der Waals surface area contributed by atoms with Crippen molar-refractivity contribution in [3.05, 3.63) is 53.9 Å². The van der Waals surface area contributed by atoms with Crippen molar-refractivity contribution in [2.75, 3.05) is 0 Å². The van der Waals surface area contributed by atoms with Gasteiger partial charge in [0.05, 0.1) is 0 Å². The van der Waals surface area contributed by atoms with Crippen molar-refractivity contribution in [3.8, 4) is 0 Å². The van der Waals surface area contributed by atoms with Gasteiger partial charge in [-0.05, 0) is 11.5 Å². The highest BCUT2D eigenvalue weighted by atomic mass is 28.3. The van der Waals surface area contributed by atoms with Crippen LogP contribution in [0, 0.1) is 5.41 Å². The van der Waals surface area contributed by atoms with E-state index in [0.717, 1.165) is 0 Å². The predicted octanol–water partition coefficient (Wildman–Crippen LogP) is 4.19. The van der Waals surface area contributed by atoms with Crippen molar-refractivity contribution in [1.82, 2.24) is 0 Å². The van der Waals surface area contributed by atoms with Crippen molar-refractivity contribution in [2.24, 2.45) is 5.41 Å². The third-order valence-electron chi connectivity index (χ3n) is 3.56. The van der Waals surface area contributed by atoms with Gasteiger partial charge in [-0.25, -0.2) is 0 Å². The summed E-state index contributed by atoms with van der Waals surface area (Å²) in [7, 11) is -1.85. The summed E-state index contributed by atoms with van der Waals surface area (Å²) in [6, 6.07) is 10.5. The van der Waals surface area contributed by atoms with Crippen molar-refractivity contribution in [1.29, 1.82) is 0 Å². The second-order valence-electron chi connectivity index (χ2n) is 6.86. The normalized spacial score (nSPS) is 13.0. The van der Waals surface area contributed by atoms with Gasteiger partial charge in [0.15, 0.2) is 0 Å². The van der Waals surface area contributed by atoms with Crippen molar-refractivity contribution in [2.45, 2.75) is 40.8 Å². The van der Waals surface area contributed by atoms with Gasteiger partial charge in [-0.2, -0.15) is 0 Å². The van der Waals surface area contributed by atoms with Gasteiger partial charge in [0, 0.05) is 6.92 Å². The molecule has 0 atom stereocenters. The fourth-order valence-electron chi connectivity index (χ4n) is 2.72. The summed E-state index contributed by atoms with van der Waals surface area (Å²) < 4.78 is 5.12. The smallest absolute Gasteiger partial charge is 0.308 e. The third-order valence-corrected chi connectivity index (χ3v) is 7.57. The minimum absolute atomic E-state index is 0.00530. The van der Waals surface area contributed by atoms with Crippen LogP contribution >= 0.6 is 0 Å². The number of benzene rings is 1. The molecule has 0 spiro atoms. The van der Waals surface area contributed by atoms with Crippen LogP contribution in [-0.4, -0.2) is 14.0 Å². The van der Waals surface area contributed by atoms with E-state index in [2.05, 4.69) is 64.7 Å². The minimum atomic E-state index is -1.85. The summed E-state index contributed by atoms with van der Waals surface area (Å²) in [5.41, 5.74) is -0.00530. The first-order valence-electron chi connectivity index (χ1n) is 7.20. The van der Waals surface area contributed by atoms with Crippen LogP contribution in [0.25, 0.3) is 0 Å². The average molecular weight is 302 g/mol. The summed E-state index contributed by atoms with van der Waals surface area (Å²) in [6.07, 6.45) is 1.96. The molecule has 0 fully saturated rings. The summed E-state index contributed by atoms with van der Waals surface area (Å²) in [4.78, 5) is 11.1. The van der Waals surface area contributed by atoms with Crippen molar-refractivity contribution >= 4 is 19.2 Å². The topological polar surface area (TPSA) is 26.3 Å². The molecule has 0 saturated heterocycles. The van der Waals surface area contributed by atoms with E-state index in [1.807, 2.05) is 12.1 Å². The SMILES string of the molecule is C=C(/C=C(\C(C)(C)C)[Si](C)(C)c1ccccc1)OC(C)=O. The summed E-state index contributed by atoms with van der Waals surface area (Å²) >= 11 is 0. The van der Waals surface area contributed by atoms with Gasteiger partial charge in [-0.3, -0.25) is 4.79 Å². The molecule has 0 aromatic heterocycles. The van der Waals surface area contributed by atoms with Crippen LogP contribution in [0.3, 0.4) is 0 Å². The van der Waals surface area contributed by atoms with E-state index in [4.69, 9.17) is 4.74 Å². The van der Waals surface area contributed by atoms with Crippen LogP contribution in [0.2, 0.25) is 13.1 Å². The van der Waals surface area contributed by atoms with Crippen LogP contribution in [0.4, 0.5) is 0 Å². The van der Waals surface area contributed by atoms with Gasteiger partial charge >= 0.3 is 5.97 Å². The maximum Gasteiger partial charge on any atom is 0.308 e. The number of esters is 1. The maximum absolute atomic E-state index is 11.1. The minimum Gasteiger partial charge on any atom is -0.427 e. The van der Waals surface area contributed by atoms with Crippen LogP contribution in [0.15, 0.2) is 53.9 Å². The molecule has 0 aliphatic carbocycles. The zero-order valence-corrected chi connectivity index (χ0v) is 15.0. The Morgan fingerprint density at radius 1 is 1.19 bits per heavy atom. The lowest BCUT2D eigenvalue weighted by Gasteiger charge is -2.36. The number of hydrogen-bond acceptors (Lipinski definition) is 2. The number of carbonyl (C=O) groups is 1. The number of carbonyl (C=O) groups excluding carboxylic acids is 1. The second kappa shape index (κ2) is 6.44. The zero-order valence-electron chi connectivity index (χ0n) is 14.0. The van der Waals surface area contributed by atoms with Crippen molar-refractivity contribution < 1.29 is 9.53 Å². The Hall–Kier alpha value is -1.61. The maximum atomic E-state index is 11.1. The first-order valence-corrected chi connectivity index (χ1v) is 10.2. The highest BCUT2D eigenvalue weighted by molar-refractivity contribution is 6.95. The van der Waals surface area contributed by atoms with E-state index in [1.54, 1.807) is 0 Å². The first kappa shape index (κ1) is 17.4. The molecule has 0 bridgehead atoms. The van der Waals surface area contributed by atoms with Crippen LogP contribution in [-0.2, 0) is 9.53 Å². The lowest BCUT2D eigenvalue weighted by molar-refractivity contribution is -0.136. The molecule has 0 aliphatic rings. The van der Waals surface area contributed by atoms with Crippen LogP contribution in [0.5, 0.6) is 0 Å². The molecule has 0 unspecified atom stereocenters. The van der Waals surface area contributed by atoms with Crippen LogP contribution < -0.4 is 5.19 Å². The lowest BCUT2D eigenvalue weighted by atomic mass is 9.95. The van der Waals surface area contributed by atoms with E-state index in [0.29, 0.717) is 5.76 Å². The Morgan fingerprint density at radius 3 is 2.14 bits per heavy atom. The summed E-state index contributed by atoms with van der Waals surface area (Å²) in [5, 5.41) is 2.68. The third kappa shape index (κ3) is 4.71. The number of rotatable bonds is 4. The van der Waals surface area contributed by atoms with Crippen molar-refractivity contribution in [3.63, 3.8) is 0 Å². The highest BCUT2D eigenvalue weighted by Gasteiger charge is 2.35. The Morgan fingerprint density at radius 2 is 1.71 bits per heavy atom. The van der Waals surface area contributed by atoms with Gasteiger partial charge < -0.3 is 4.74 Å². The number of hydrogen-bond donors (Lipinski definition) is 0. The molecular formula is C18H26O2Si. The molecule has 21 heavy (non-hydrogen) atoms. The Balaban J connectivity index is 3.29. The summed E-state index contributed by atoms with van der Waals surface area (Å²) in [5.74, 6) is 0.0904. The predicted molar refractivity (Wildman–Crippen MR) is 92.0 cm³/mol. The van der Waals surface area contributed by atoms with E-state index in [1.165, 1.54) is 17.3 Å². The fraction of sp³-hybridized carbons (Fsp3) is 0.389. The molecule has 3 heteroatoms. The molecule has 0 N–H and O–H groups in total. The molecule has 0 heterocycles. The molecule has 114 valence electrons. The van der Waals surface area contributed by atoms with Gasteiger partial charge in [-0.1, -0.05) is 81.2 Å². The van der Waals surface area contributed by atoms with E-state index in [9.17, 15) is 4.79 Å². The number of ether oxygens (including phenoxy) is 1. The van der Waals surface area contributed by atoms with Gasteiger partial charge in [0.2, 0.25) is 0 Å². The molecule has 2 nitrogen and oxygen atoms in total. The molecule has 1 aromatic carbocycles. The monoisotopic (exact) mass is 302 g/mol. The molecule has 1 rings (SSSR count). The lowest BCUT2D eigenvalue weighted by Crippen LogP contribution is -2.47. The standard InChI is InChI=1S/C18H26O2Si/c1-14(20-15(2)19)13-17(18(3,4)5)21(6,7)16-11-9-8-10-12-16/h8-13H,1H2,2-7H3/b17-13+. The molecule has 0 radical (unpaired) electrons. The molecule has 0 amide bonds. The largest absolute Gasteiger partial charge is 0.427 e.